The Labute approximate surface area is 135 Å². The topological polar surface area (TPSA) is 75.4 Å². The molecule has 0 amide bonds. The van der Waals surface area contributed by atoms with Gasteiger partial charge in [0.15, 0.2) is 0 Å². The number of likely N-dealkylation sites (tertiary alicyclic amines) is 1. The van der Waals surface area contributed by atoms with Gasteiger partial charge in [-0.15, -0.1) is 0 Å². The molecule has 5 nitrogen and oxygen atoms in total. The largest absolute Gasteiger partial charge is 0.389 e. The zero-order valence-electron chi connectivity index (χ0n) is 11.5. The predicted molar refractivity (Wildman–Crippen MR) is 88.2 cm³/mol. The van der Waals surface area contributed by atoms with E-state index < -0.39 is 10.0 Å². The van der Waals surface area contributed by atoms with Crippen LogP contribution in [0.3, 0.4) is 0 Å². The molecule has 1 saturated heterocycles. The van der Waals surface area contributed by atoms with Gasteiger partial charge in [-0.2, -0.15) is 0 Å². The summed E-state index contributed by atoms with van der Waals surface area (Å²) in [5, 5.41) is 0.119. The monoisotopic (exact) mass is 347 g/mol. The highest BCUT2D eigenvalue weighted by Crippen LogP contribution is 2.22. The molecule has 2 rings (SSSR count). The second kappa shape index (κ2) is 7.02. The Kier molecular flexibility index (Phi) is 5.56. The molecule has 0 spiro atoms. The third-order valence-electron chi connectivity index (χ3n) is 3.42. The van der Waals surface area contributed by atoms with E-state index in [0.717, 1.165) is 13.1 Å². The summed E-state index contributed by atoms with van der Waals surface area (Å²) in [4.78, 5) is 2.47. The Morgan fingerprint density at radius 2 is 2.05 bits per heavy atom. The Morgan fingerprint density at radius 3 is 2.62 bits per heavy atom. The molecule has 1 aromatic carbocycles. The van der Waals surface area contributed by atoms with Gasteiger partial charge in [-0.25, -0.2) is 13.1 Å². The molecule has 0 radical (unpaired) electrons. The minimum Gasteiger partial charge on any atom is -0.389 e. The number of halogens is 1. The van der Waals surface area contributed by atoms with Crippen LogP contribution in [0.4, 0.5) is 0 Å². The Morgan fingerprint density at radius 1 is 1.38 bits per heavy atom. The number of thiocarbonyl (C=S) groups is 1. The van der Waals surface area contributed by atoms with E-state index in [9.17, 15) is 8.42 Å². The lowest BCUT2D eigenvalue weighted by molar-refractivity contribution is 0.344. The quantitative estimate of drug-likeness (QED) is 0.760. The van der Waals surface area contributed by atoms with Crippen LogP contribution in [0.25, 0.3) is 0 Å². The van der Waals surface area contributed by atoms with E-state index >= 15 is 0 Å². The van der Waals surface area contributed by atoms with Crippen molar-refractivity contribution in [3.8, 4) is 0 Å². The SMILES string of the molecule is NC(=S)c1ccc(S(=O)(=O)NCCN2CCCC2)c(Cl)c1. The van der Waals surface area contributed by atoms with E-state index in [0.29, 0.717) is 18.7 Å². The average molecular weight is 348 g/mol. The number of hydrogen-bond donors (Lipinski definition) is 2. The van der Waals surface area contributed by atoms with Crippen LogP contribution in [0.2, 0.25) is 5.02 Å². The van der Waals surface area contributed by atoms with Crippen LogP contribution in [0.5, 0.6) is 0 Å². The third kappa shape index (κ3) is 4.37. The van der Waals surface area contributed by atoms with Crippen molar-refractivity contribution in [3.05, 3.63) is 28.8 Å². The zero-order chi connectivity index (χ0) is 15.5. The lowest BCUT2D eigenvalue weighted by atomic mass is 10.2. The number of benzene rings is 1. The Hall–Kier alpha value is -0.730. The van der Waals surface area contributed by atoms with E-state index in [1.807, 2.05) is 0 Å². The number of nitrogens with one attached hydrogen (secondary N) is 1. The molecule has 0 aromatic heterocycles. The number of sulfonamides is 1. The van der Waals surface area contributed by atoms with E-state index in [4.69, 9.17) is 29.6 Å². The highest BCUT2D eigenvalue weighted by atomic mass is 35.5. The molecule has 0 bridgehead atoms. The fourth-order valence-electron chi connectivity index (χ4n) is 2.29. The van der Waals surface area contributed by atoms with Crippen LogP contribution in [0.15, 0.2) is 23.1 Å². The van der Waals surface area contributed by atoms with Gasteiger partial charge in [0.05, 0.1) is 5.02 Å². The van der Waals surface area contributed by atoms with Gasteiger partial charge in [0, 0.05) is 18.7 Å². The van der Waals surface area contributed by atoms with Crippen LogP contribution < -0.4 is 10.5 Å². The summed E-state index contributed by atoms with van der Waals surface area (Å²) < 4.78 is 27.0. The summed E-state index contributed by atoms with van der Waals surface area (Å²) >= 11 is 10.9. The molecule has 1 fully saturated rings. The van der Waals surface area contributed by atoms with Gasteiger partial charge < -0.3 is 10.6 Å². The normalized spacial score (nSPS) is 16.2. The van der Waals surface area contributed by atoms with Crippen molar-refractivity contribution in [1.29, 1.82) is 0 Å². The fourth-order valence-corrected chi connectivity index (χ4v) is 3.98. The zero-order valence-corrected chi connectivity index (χ0v) is 13.9. The molecule has 0 unspecified atom stereocenters. The van der Waals surface area contributed by atoms with Gasteiger partial charge in [-0.05, 0) is 38.1 Å². The van der Waals surface area contributed by atoms with Crippen molar-refractivity contribution in [2.45, 2.75) is 17.7 Å². The van der Waals surface area contributed by atoms with Gasteiger partial charge in [0.2, 0.25) is 10.0 Å². The van der Waals surface area contributed by atoms with Crippen molar-refractivity contribution < 1.29 is 8.42 Å². The van der Waals surface area contributed by atoms with Crippen LogP contribution in [-0.2, 0) is 10.0 Å². The number of rotatable bonds is 6. The summed E-state index contributed by atoms with van der Waals surface area (Å²) in [6, 6.07) is 4.46. The first-order valence-electron chi connectivity index (χ1n) is 6.71. The minimum absolute atomic E-state index is 0.0468. The maximum Gasteiger partial charge on any atom is 0.242 e. The molecular weight excluding hydrogens is 330 g/mol. The van der Waals surface area contributed by atoms with Gasteiger partial charge in [0.25, 0.3) is 0 Å². The summed E-state index contributed by atoms with van der Waals surface area (Å²) in [7, 11) is -3.62. The molecule has 116 valence electrons. The van der Waals surface area contributed by atoms with Gasteiger partial charge in [-0.3, -0.25) is 0 Å². The third-order valence-corrected chi connectivity index (χ3v) is 5.60. The van der Waals surface area contributed by atoms with Crippen molar-refractivity contribution in [3.63, 3.8) is 0 Å². The van der Waals surface area contributed by atoms with Crippen molar-refractivity contribution in [2.24, 2.45) is 5.73 Å². The highest BCUT2D eigenvalue weighted by Gasteiger charge is 2.19. The standard InChI is InChI=1S/C13H18ClN3O2S2/c14-11-9-10(13(15)20)3-4-12(11)21(18,19)16-5-8-17-6-1-2-7-17/h3-4,9,16H,1-2,5-8H2,(H2,15,20). The number of nitrogens with two attached hydrogens (primary N) is 1. The molecule has 0 aliphatic carbocycles. The predicted octanol–water partition coefficient (Wildman–Crippen LogP) is 1.35. The van der Waals surface area contributed by atoms with Crippen LogP contribution >= 0.6 is 23.8 Å². The van der Waals surface area contributed by atoms with Crippen LogP contribution in [-0.4, -0.2) is 44.5 Å². The fraction of sp³-hybridized carbons (Fsp3) is 0.462. The first-order chi connectivity index (χ1) is 9.90. The summed E-state index contributed by atoms with van der Waals surface area (Å²) in [6.45, 7) is 3.15. The second-order valence-electron chi connectivity index (χ2n) is 4.96. The number of hydrogen-bond acceptors (Lipinski definition) is 4. The maximum absolute atomic E-state index is 12.2. The first-order valence-corrected chi connectivity index (χ1v) is 8.98. The second-order valence-corrected chi connectivity index (χ2v) is 7.54. The maximum atomic E-state index is 12.2. The summed E-state index contributed by atoms with van der Waals surface area (Å²) in [5.41, 5.74) is 6.04. The van der Waals surface area contributed by atoms with Crippen molar-refractivity contribution >= 4 is 38.8 Å². The lowest BCUT2D eigenvalue weighted by Gasteiger charge is -2.15. The minimum atomic E-state index is -3.62. The van der Waals surface area contributed by atoms with E-state index in [1.165, 1.54) is 25.0 Å². The van der Waals surface area contributed by atoms with Gasteiger partial charge in [-0.1, -0.05) is 29.9 Å². The Bertz CT molecular complexity index is 628. The molecule has 1 aliphatic heterocycles. The van der Waals surface area contributed by atoms with Crippen LogP contribution in [0.1, 0.15) is 18.4 Å². The van der Waals surface area contributed by atoms with Gasteiger partial charge >= 0.3 is 0 Å². The van der Waals surface area contributed by atoms with Crippen LogP contribution in [0, 0.1) is 0 Å². The molecule has 8 heteroatoms. The van der Waals surface area contributed by atoms with E-state index in [2.05, 4.69) is 9.62 Å². The van der Waals surface area contributed by atoms with E-state index in [1.54, 1.807) is 6.07 Å². The van der Waals surface area contributed by atoms with E-state index in [-0.39, 0.29) is 14.9 Å². The molecule has 1 aliphatic rings. The van der Waals surface area contributed by atoms with Crippen molar-refractivity contribution in [2.75, 3.05) is 26.2 Å². The molecule has 0 atom stereocenters. The first kappa shape index (κ1) is 16.6. The highest BCUT2D eigenvalue weighted by molar-refractivity contribution is 7.89. The number of nitrogens with zero attached hydrogens (tertiary/aromatic N) is 1. The Balaban J connectivity index is 2.03. The molecule has 3 N–H and O–H groups in total. The molecule has 21 heavy (non-hydrogen) atoms. The molecule has 1 heterocycles. The molecular formula is C13H18ClN3O2S2. The average Bonchev–Trinajstić information content (AvgIpc) is 2.91. The lowest BCUT2D eigenvalue weighted by Crippen LogP contribution is -2.33. The summed E-state index contributed by atoms with van der Waals surface area (Å²) in [6.07, 6.45) is 2.36. The summed E-state index contributed by atoms with van der Waals surface area (Å²) in [5.74, 6) is 0. The van der Waals surface area contributed by atoms with Crippen molar-refractivity contribution in [1.82, 2.24) is 9.62 Å². The smallest absolute Gasteiger partial charge is 0.242 e. The molecule has 1 aromatic rings. The molecule has 0 saturated carbocycles. The van der Waals surface area contributed by atoms with Gasteiger partial charge in [0.1, 0.15) is 9.88 Å².